The second kappa shape index (κ2) is 1.99. The van der Waals surface area contributed by atoms with Gasteiger partial charge in [0.15, 0.2) is 0 Å². The van der Waals surface area contributed by atoms with Crippen LogP contribution in [0.25, 0.3) is 0 Å². The van der Waals surface area contributed by atoms with Gasteiger partial charge in [0.05, 0.1) is 5.57 Å². The molecule has 1 aliphatic rings. The van der Waals surface area contributed by atoms with Crippen molar-refractivity contribution in [3.63, 3.8) is 0 Å². The maximum absolute atomic E-state index is 9.84. The number of halogens is 1. The Bertz CT molecular complexity index is 207. The lowest BCUT2D eigenvalue weighted by Gasteiger charge is -1.71. The molecule has 0 aromatic rings. The molecular weight excluding hydrogens is 124 g/mol. The minimum atomic E-state index is 0.509. The van der Waals surface area contributed by atoms with Crippen molar-refractivity contribution in [3.8, 4) is 0 Å². The van der Waals surface area contributed by atoms with E-state index in [0.29, 0.717) is 10.6 Å². The second-order valence-corrected chi connectivity index (χ2v) is 1.86. The van der Waals surface area contributed by atoms with Gasteiger partial charge in [-0.15, -0.1) is 0 Å². The van der Waals surface area contributed by atoms with E-state index in [0.717, 1.165) is 0 Å². The average Bonchev–Trinajstić information content (AvgIpc) is 2.14. The molecule has 0 aromatic heterocycles. The van der Waals surface area contributed by atoms with Gasteiger partial charge >= 0.3 is 0 Å². The lowest BCUT2D eigenvalue weighted by atomic mass is 10.3. The largest absolute Gasteiger partial charge is 0.233 e. The van der Waals surface area contributed by atoms with Crippen molar-refractivity contribution in [2.75, 3.05) is 0 Å². The van der Waals surface area contributed by atoms with Gasteiger partial charge in [0.25, 0.3) is 0 Å². The van der Waals surface area contributed by atoms with Crippen molar-refractivity contribution < 1.29 is 4.79 Å². The lowest BCUT2D eigenvalue weighted by molar-refractivity contribution is 0.568. The van der Waals surface area contributed by atoms with Gasteiger partial charge < -0.3 is 0 Å². The summed E-state index contributed by atoms with van der Waals surface area (Å²) in [5.74, 6) is 1.71. The predicted octanol–water partition coefficient (Wildman–Crippen LogP) is 1.44. The quantitative estimate of drug-likeness (QED) is 0.449. The molecular formula is C6H3ClO. The van der Waals surface area contributed by atoms with Crippen molar-refractivity contribution in [1.29, 1.82) is 0 Å². The molecule has 0 unspecified atom stereocenters. The van der Waals surface area contributed by atoms with Crippen molar-refractivity contribution in [2.24, 2.45) is 0 Å². The van der Waals surface area contributed by atoms with Gasteiger partial charge in [-0.25, -0.2) is 4.79 Å². The first-order chi connectivity index (χ1) is 3.83. The van der Waals surface area contributed by atoms with Gasteiger partial charge in [0.1, 0.15) is 5.94 Å². The number of rotatable bonds is 0. The maximum atomic E-state index is 9.84. The van der Waals surface area contributed by atoms with E-state index in [2.05, 4.69) is 0 Å². The number of allylic oxidation sites excluding steroid dienone is 5. The van der Waals surface area contributed by atoms with E-state index in [4.69, 9.17) is 11.6 Å². The third-order valence-electron chi connectivity index (χ3n) is 0.833. The van der Waals surface area contributed by atoms with Gasteiger partial charge in [0, 0.05) is 5.03 Å². The molecule has 1 aliphatic carbocycles. The maximum Gasteiger partial charge on any atom is 0.132 e. The molecule has 0 aliphatic heterocycles. The van der Waals surface area contributed by atoms with Crippen LogP contribution in [0.1, 0.15) is 0 Å². The molecule has 0 spiro atoms. The number of hydrogen-bond acceptors (Lipinski definition) is 1. The van der Waals surface area contributed by atoms with E-state index in [-0.39, 0.29) is 0 Å². The SMILES string of the molecule is O=C=C1C=CC(Cl)=C1. The van der Waals surface area contributed by atoms with Gasteiger partial charge in [-0.1, -0.05) is 11.6 Å². The first kappa shape index (κ1) is 5.36. The summed E-state index contributed by atoms with van der Waals surface area (Å²) >= 11 is 5.46. The van der Waals surface area contributed by atoms with Crippen molar-refractivity contribution >= 4 is 17.5 Å². The fraction of sp³-hybridized carbons (Fsp3) is 0. The van der Waals surface area contributed by atoms with Crippen LogP contribution in [0.15, 0.2) is 28.8 Å². The fourth-order valence-corrected chi connectivity index (χ4v) is 0.658. The van der Waals surface area contributed by atoms with E-state index in [1.165, 1.54) is 0 Å². The summed E-state index contributed by atoms with van der Waals surface area (Å²) in [6.45, 7) is 0. The van der Waals surface area contributed by atoms with Crippen molar-refractivity contribution in [3.05, 3.63) is 28.8 Å². The first-order valence-corrected chi connectivity index (χ1v) is 2.51. The molecule has 0 fully saturated rings. The highest BCUT2D eigenvalue weighted by Crippen LogP contribution is 2.14. The van der Waals surface area contributed by atoms with Crippen molar-refractivity contribution in [2.45, 2.75) is 0 Å². The van der Waals surface area contributed by atoms with Crippen LogP contribution in [0.3, 0.4) is 0 Å². The summed E-state index contributed by atoms with van der Waals surface area (Å²) in [4.78, 5) is 9.84. The Hall–Kier alpha value is -0.780. The zero-order valence-corrected chi connectivity index (χ0v) is 4.77. The van der Waals surface area contributed by atoms with Crippen LogP contribution in [0.2, 0.25) is 0 Å². The van der Waals surface area contributed by atoms with E-state index in [1.807, 2.05) is 0 Å². The molecule has 0 saturated carbocycles. The lowest BCUT2D eigenvalue weighted by Crippen LogP contribution is -1.62. The van der Waals surface area contributed by atoms with E-state index >= 15 is 0 Å². The molecule has 0 bridgehead atoms. The zero-order chi connectivity index (χ0) is 5.98. The van der Waals surface area contributed by atoms with Gasteiger partial charge in [-0.3, -0.25) is 0 Å². The molecule has 0 N–H and O–H groups in total. The highest BCUT2D eigenvalue weighted by atomic mass is 35.5. The first-order valence-electron chi connectivity index (χ1n) is 2.13. The van der Waals surface area contributed by atoms with Gasteiger partial charge in [-0.2, -0.15) is 0 Å². The van der Waals surface area contributed by atoms with E-state index < -0.39 is 0 Å². The summed E-state index contributed by atoms with van der Waals surface area (Å²) in [6, 6.07) is 0. The summed E-state index contributed by atoms with van der Waals surface area (Å²) in [5.41, 5.74) is 0.509. The highest BCUT2D eigenvalue weighted by molar-refractivity contribution is 6.32. The van der Waals surface area contributed by atoms with Crippen LogP contribution in [-0.4, -0.2) is 5.94 Å². The van der Waals surface area contributed by atoms with Crippen LogP contribution in [0.4, 0.5) is 0 Å². The average molecular weight is 127 g/mol. The molecule has 0 saturated heterocycles. The third-order valence-corrected chi connectivity index (χ3v) is 1.07. The Morgan fingerprint density at radius 3 is 2.50 bits per heavy atom. The fourth-order valence-electron chi connectivity index (χ4n) is 0.478. The topological polar surface area (TPSA) is 17.1 Å². The highest BCUT2D eigenvalue weighted by Gasteiger charge is 1.96. The van der Waals surface area contributed by atoms with E-state index in [9.17, 15) is 4.79 Å². The van der Waals surface area contributed by atoms with Gasteiger partial charge in [0.2, 0.25) is 0 Å². The minimum absolute atomic E-state index is 0.509. The number of hydrogen-bond donors (Lipinski definition) is 0. The normalized spacial score (nSPS) is 16.1. The summed E-state index contributed by atoms with van der Waals surface area (Å²) in [6.07, 6.45) is 4.84. The third kappa shape index (κ3) is 0.890. The molecule has 0 aromatic carbocycles. The predicted molar refractivity (Wildman–Crippen MR) is 32.3 cm³/mol. The van der Waals surface area contributed by atoms with Crippen LogP contribution in [0.5, 0.6) is 0 Å². The molecule has 0 atom stereocenters. The number of carbonyl (C=O) groups excluding carboxylic acids is 1. The molecule has 40 valence electrons. The summed E-state index contributed by atoms with van der Waals surface area (Å²) in [7, 11) is 0. The van der Waals surface area contributed by atoms with Crippen LogP contribution >= 0.6 is 11.6 Å². The minimum Gasteiger partial charge on any atom is -0.233 e. The van der Waals surface area contributed by atoms with Crippen LogP contribution in [0, 0.1) is 0 Å². The summed E-state index contributed by atoms with van der Waals surface area (Å²) in [5, 5.41) is 0.586. The molecule has 1 rings (SSSR count). The molecule has 1 nitrogen and oxygen atoms in total. The second-order valence-electron chi connectivity index (χ2n) is 1.42. The molecule has 8 heavy (non-hydrogen) atoms. The molecule has 2 heteroatoms. The Labute approximate surface area is 52.0 Å². The van der Waals surface area contributed by atoms with Crippen LogP contribution < -0.4 is 0 Å². The Morgan fingerprint density at radius 2 is 2.25 bits per heavy atom. The Balaban J connectivity index is 3.01. The Morgan fingerprint density at radius 1 is 1.50 bits per heavy atom. The monoisotopic (exact) mass is 126 g/mol. The van der Waals surface area contributed by atoms with E-state index in [1.54, 1.807) is 24.2 Å². The zero-order valence-electron chi connectivity index (χ0n) is 4.02. The van der Waals surface area contributed by atoms with Crippen LogP contribution in [-0.2, 0) is 4.79 Å². The smallest absolute Gasteiger partial charge is 0.132 e. The van der Waals surface area contributed by atoms with Crippen molar-refractivity contribution in [1.82, 2.24) is 0 Å². The standard InChI is InChI=1S/C6H3ClO/c7-6-2-1-5(3-6)4-8/h1-3H. The molecule has 0 amide bonds. The molecule has 0 radical (unpaired) electrons. The molecule has 0 heterocycles. The van der Waals surface area contributed by atoms with Gasteiger partial charge in [-0.05, 0) is 18.2 Å². The summed E-state index contributed by atoms with van der Waals surface area (Å²) < 4.78 is 0. The Kier molecular flexibility index (Phi) is 1.34.